The van der Waals surface area contributed by atoms with Gasteiger partial charge in [0, 0.05) is 13.0 Å². The van der Waals surface area contributed by atoms with Gasteiger partial charge in [0.05, 0.1) is 18.7 Å². The second-order valence-electron chi connectivity index (χ2n) is 6.86. The average Bonchev–Trinajstić information content (AvgIpc) is 3.01. The molecule has 0 unspecified atom stereocenters. The minimum absolute atomic E-state index is 0.0797. The van der Waals surface area contributed by atoms with Crippen LogP contribution in [-0.4, -0.2) is 63.8 Å². The van der Waals surface area contributed by atoms with Crippen LogP contribution in [0.4, 0.5) is 4.79 Å². The number of carbonyl (C=O) groups excluding carboxylic acids is 2. The van der Waals surface area contributed by atoms with Gasteiger partial charge in [-0.15, -0.1) is 0 Å². The van der Waals surface area contributed by atoms with Gasteiger partial charge in [-0.25, -0.2) is 4.79 Å². The van der Waals surface area contributed by atoms with Crippen molar-refractivity contribution in [2.45, 2.75) is 63.8 Å². The molecule has 0 aromatic heterocycles. The van der Waals surface area contributed by atoms with Gasteiger partial charge in [-0.3, -0.25) is 9.69 Å². The number of β-amino-alcohol motifs (C(OH)–C–C–N with tert-alkyl or cyclic N) is 1. The van der Waals surface area contributed by atoms with Crippen LogP contribution >= 0.6 is 0 Å². The number of rotatable bonds is 1. The molecule has 2 heterocycles. The normalized spacial score (nSPS) is 28.6. The molecule has 0 aromatic carbocycles. The number of hydrogen-bond acceptors (Lipinski definition) is 5. The van der Waals surface area contributed by atoms with E-state index in [4.69, 9.17) is 10.00 Å². The first-order chi connectivity index (χ1) is 10.2. The van der Waals surface area contributed by atoms with Crippen molar-refractivity contribution in [3.05, 3.63) is 0 Å². The number of amides is 2. The zero-order valence-electron chi connectivity index (χ0n) is 13.3. The fourth-order valence-electron chi connectivity index (χ4n) is 2.93. The van der Waals surface area contributed by atoms with Gasteiger partial charge >= 0.3 is 6.09 Å². The summed E-state index contributed by atoms with van der Waals surface area (Å²) in [6.45, 7) is 5.85. The van der Waals surface area contributed by atoms with Crippen LogP contribution in [0.5, 0.6) is 0 Å². The molecule has 0 spiro atoms. The third kappa shape index (κ3) is 3.50. The Balaban J connectivity index is 2.12. The summed E-state index contributed by atoms with van der Waals surface area (Å²) < 4.78 is 5.31. The predicted molar refractivity (Wildman–Crippen MR) is 77.7 cm³/mol. The molecule has 0 saturated carbocycles. The molecule has 2 fully saturated rings. The number of carbonyl (C=O) groups is 2. The van der Waals surface area contributed by atoms with Gasteiger partial charge in [0.15, 0.2) is 0 Å². The molecule has 2 aliphatic heterocycles. The smallest absolute Gasteiger partial charge is 0.411 e. The first-order valence-electron chi connectivity index (χ1n) is 7.60. The van der Waals surface area contributed by atoms with E-state index >= 15 is 0 Å². The Morgan fingerprint density at radius 3 is 2.59 bits per heavy atom. The van der Waals surface area contributed by atoms with Gasteiger partial charge in [-0.2, -0.15) is 5.26 Å². The molecule has 2 aliphatic rings. The van der Waals surface area contributed by atoms with Crippen molar-refractivity contribution in [3.63, 3.8) is 0 Å². The van der Waals surface area contributed by atoms with Crippen molar-refractivity contribution in [2.24, 2.45) is 0 Å². The highest BCUT2D eigenvalue weighted by atomic mass is 16.6. The zero-order valence-corrected chi connectivity index (χ0v) is 13.3. The van der Waals surface area contributed by atoms with Crippen molar-refractivity contribution in [1.82, 2.24) is 9.80 Å². The summed E-state index contributed by atoms with van der Waals surface area (Å²) in [5.41, 5.74) is -0.666. The molecule has 7 nitrogen and oxygen atoms in total. The maximum absolute atomic E-state index is 12.7. The second kappa shape index (κ2) is 6.13. The Bertz CT molecular complexity index is 494. The summed E-state index contributed by atoms with van der Waals surface area (Å²) in [5.74, 6) is -0.272. The quantitative estimate of drug-likeness (QED) is 0.775. The molecule has 3 atom stereocenters. The highest BCUT2D eigenvalue weighted by molar-refractivity contribution is 5.87. The zero-order chi connectivity index (χ0) is 16.5. The third-order valence-electron chi connectivity index (χ3n) is 3.88. The largest absolute Gasteiger partial charge is 0.444 e. The summed E-state index contributed by atoms with van der Waals surface area (Å²) in [6, 6.07) is 0.930. The summed E-state index contributed by atoms with van der Waals surface area (Å²) in [5, 5.41) is 19.0. The van der Waals surface area contributed by atoms with Crippen LogP contribution in [0.2, 0.25) is 0 Å². The monoisotopic (exact) mass is 309 g/mol. The molecule has 2 rings (SSSR count). The highest BCUT2D eigenvalue weighted by Gasteiger charge is 2.44. The van der Waals surface area contributed by atoms with Gasteiger partial charge in [0.1, 0.15) is 17.7 Å². The molecule has 2 saturated heterocycles. The molecule has 0 bridgehead atoms. The van der Waals surface area contributed by atoms with E-state index in [0.717, 1.165) is 6.42 Å². The van der Waals surface area contributed by atoms with Crippen molar-refractivity contribution in [3.8, 4) is 6.07 Å². The first kappa shape index (κ1) is 16.6. The van der Waals surface area contributed by atoms with Gasteiger partial charge in [0.25, 0.3) is 0 Å². The van der Waals surface area contributed by atoms with E-state index in [1.54, 1.807) is 20.8 Å². The average molecular weight is 309 g/mol. The van der Waals surface area contributed by atoms with Crippen LogP contribution in [0.1, 0.15) is 40.0 Å². The van der Waals surface area contributed by atoms with E-state index in [2.05, 4.69) is 6.07 Å². The third-order valence-corrected chi connectivity index (χ3v) is 3.88. The fourth-order valence-corrected chi connectivity index (χ4v) is 2.93. The van der Waals surface area contributed by atoms with E-state index in [1.807, 2.05) is 0 Å². The number of hydrogen-bond donors (Lipinski definition) is 1. The summed E-state index contributed by atoms with van der Waals surface area (Å²) in [6.07, 6.45) is 0.280. The molecular formula is C15H23N3O4. The van der Waals surface area contributed by atoms with Crippen molar-refractivity contribution in [2.75, 3.05) is 13.1 Å². The molecule has 122 valence electrons. The maximum atomic E-state index is 12.7. The molecule has 0 radical (unpaired) electrons. The number of aliphatic hydroxyl groups excluding tert-OH is 1. The Labute approximate surface area is 130 Å². The van der Waals surface area contributed by atoms with E-state index < -0.39 is 29.9 Å². The van der Waals surface area contributed by atoms with Crippen molar-refractivity contribution in [1.29, 1.82) is 5.26 Å². The molecule has 0 aliphatic carbocycles. The van der Waals surface area contributed by atoms with Gasteiger partial charge < -0.3 is 14.7 Å². The number of ether oxygens (including phenoxy) is 1. The maximum Gasteiger partial charge on any atom is 0.411 e. The van der Waals surface area contributed by atoms with E-state index in [1.165, 1.54) is 9.80 Å². The number of nitrogens with zero attached hydrogens (tertiary/aromatic N) is 3. The molecule has 22 heavy (non-hydrogen) atoms. The number of nitriles is 1. The molecule has 0 aromatic rings. The van der Waals surface area contributed by atoms with Crippen LogP contribution in [0, 0.1) is 11.3 Å². The number of likely N-dealkylation sites (tertiary alicyclic amines) is 2. The first-order valence-corrected chi connectivity index (χ1v) is 7.60. The topological polar surface area (TPSA) is 93.9 Å². The highest BCUT2D eigenvalue weighted by Crippen LogP contribution is 2.26. The lowest BCUT2D eigenvalue weighted by Crippen LogP contribution is -2.50. The predicted octanol–water partition coefficient (Wildman–Crippen LogP) is 0.871. The molecule has 2 amide bonds. The van der Waals surface area contributed by atoms with Crippen LogP contribution in [0.25, 0.3) is 0 Å². The van der Waals surface area contributed by atoms with Crippen molar-refractivity contribution < 1.29 is 19.4 Å². The van der Waals surface area contributed by atoms with Crippen molar-refractivity contribution >= 4 is 12.0 Å². The lowest BCUT2D eigenvalue weighted by atomic mass is 10.1. The SMILES string of the molecule is CC(C)(C)OC(=O)N1C[C@@H](O)C[C@H]1C(=O)N1CCC[C@H]1C#N. The van der Waals surface area contributed by atoms with E-state index in [-0.39, 0.29) is 18.9 Å². The number of aliphatic hydroxyl groups is 1. The molecular weight excluding hydrogens is 286 g/mol. The lowest BCUT2D eigenvalue weighted by Gasteiger charge is -2.30. The Kier molecular flexibility index (Phi) is 4.61. The minimum atomic E-state index is -0.751. The molecule has 1 N–H and O–H groups in total. The Morgan fingerprint density at radius 1 is 1.32 bits per heavy atom. The van der Waals surface area contributed by atoms with Gasteiger partial charge in [0.2, 0.25) is 5.91 Å². The van der Waals surface area contributed by atoms with Crippen LogP contribution in [-0.2, 0) is 9.53 Å². The minimum Gasteiger partial charge on any atom is -0.444 e. The summed E-state index contributed by atoms with van der Waals surface area (Å²) >= 11 is 0. The molecule has 7 heteroatoms. The van der Waals surface area contributed by atoms with Gasteiger partial charge in [-0.1, -0.05) is 0 Å². The van der Waals surface area contributed by atoms with E-state index in [9.17, 15) is 14.7 Å². The second-order valence-corrected chi connectivity index (χ2v) is 6.86. The van der Waals surface area contributed by atoms with Crippen LogP contribution in [0.15, 0.2) is 0 Å². The van der Waals surface area contributed by atoms with Crippen LogP contribution < -0.4 is 0 Å². The fraction of sp³-hybridized carbons (Fsp3) is 0.800. The summed E-state index contributed by atoms with van der Waals surface area (Å²) in [7, 11) is 0. The van der Waals surface area contributed by atoms with Crippen LogP contribution in [0.3, 0.4) is 0 Å². The van der Waals surface area contributed by atoms with Gasteiger partial charge in [-0.05, 0) is 33.6 Å². The van der Waals surface area contributed by atoms with E-state index in [0.29, 0.717) is 13.0 Å². The Hall–Kier alpha value is -1.81. The summed E-state index contributed by atoms with van der Waals surface area (Å²) in [4.78, 5) is 27.7. The lowest BCUT2D eigenvalue weighted by molar-refractivity contribution is -0.135. The standard InChI is InChI=1S/C15H23N3O4/c1-15(2,3)22-14(21)18-9-11(19)7-12(18)13(20)17-6-4-5-10(17)8-16/h10-12,19H,4-7,9H2,1-3H3/t10-,11-,12-/m0/s1. The Morgan fingerprint density at radius 2 is 2.00 bits per heavy atom.